The summed E-state index contributed by atoms with van der Waals surface area (Å²) in [7, 11) is 0. The van der Waals surface area contributed by atoms with Gasteiger partial charge in [0, 0.05) is 11.6 Å². The highest BCUT2D eigenvalue weighted by Gasteiger charge is 2.17. The molecule has 1 heterocycles. The third-order valence-electron chi connectivity index (χ3n) is 2.36. The van der Waals surface area contributed by atoms with Gasteiger partial charge >= 0.3 is 0 Å². The molecule has 9 nitrogen and oxygen atoms in total. The quantitative estimate of drug-likeness (QED) is 0.439. The number of nitro groups is 1. The molecule has 1 amide bonds. The fraction of sp³-hybridized carbons (Fsp3) is 0.100. The van der Waals surface area contributed by atoms with E-state index in [1.165, 1.54) is 29.5 Å². The third-order valence-corrected chi connectivity index (χ3v) is 3.11. The Morgan fingerprint density at radius 1 is 1.45 bits per heavy atom. The Labute approximate surface area is 116 Å². The molecule has 0 bridgehead atoms. The first kappa shape index (κ1) is 13.8. The molecule has 0 atom stereocenters. The van der Waals surface area contributed by atoms with Crippen LogP contribution in [0.1, 0.15) is 15.4 Å². The van der Waals surface area contributed by atoms with Gasteiger partial charge in [-0.2, -0.15) is 0 Å². The zero-order chi connectivity index (χ0) is 14.7. The molecule has 0 aliphatic heterocycles. The van der Waals surface area contributed by atoms with Gasteiger partial charge in [0.2, 0.25) is 5.13 Å². The van der Waals surface area contributed by atoms with E-state index < -0.39 is 10.8 Å². The summed E-state index contributed by atoms with van der Waals surface area (Å²) in [4.78, 5) is 22.1. The lowest BCUT2D eigenvalue weighted by Crippen LogP contribution is -2.14. The number of hydrogen-bond donors (Lipinski definition) is 3. The zero-order valence-electron chi connectivity index (χ0n) is 10.3. The average molecular weight is 294 g/mol. The normalized spacial score (nSPS) is 10.1. The maximum Gasteiger partial charge on any atom is 0.293 e. The molecular weight excluding hydrogens is 284 g/mol. The molecule has 0 radical (unpaired) electrons. The Morgan fingerprint density at radius 2 is 2.20 bits per heavy atom. The molecule has 1 aromatic heterocycles. The maximum absolute atomic E-state index is 12.0. The number of nitrogens with two attached hydrogens (primary N) is 1. The largest absolute Gasteiger partial charge is 0.318 e. The molecular formula is C10H10N6O3S. The third kappa shape index (κ3) is 2.87. The fourth-order valence-electron chi connectivity index (χ4n) is 1.47. The summed E-state index contributed by atoms with van der Waals surface area (Å²) in [6.45, 7) is 1.76. The van der Waals surface area contributed by atoms with Crippen molar-refractivity contribution >= 4 is 33.8 Å². The molecule has 104 valence electrons. The number of carbonyl (C=O) groups excluding carboxylic acids is 1. The molecule has 0 spiro atoms. The number of nitrogens with zero attached hydrogens (tertiary/aromatic N) is 3. The van der Waals surface area contributed by atoms with Gasteiger partial charge < -0.3 is 5.43 Å². The van der Waals surface area contributed by atoms with Gasteiger partial charge in [0.05, 0.1) is 4.92 Å². The van der Waals surface area contributed by atoms with E-state index in [4.69, 9.17) is 5.84 Å². The minimum Gasteiger partial charge on any atom is -0.318 e. The van der Waals surface area contributed by atoms with Crippen LogP contribution in [-0.4, -0.2) is 21.0 Å². The second kappa shape index (κ2) is 5.59. The maximum atomic E-state index is 12.0. The molecule has 0 aliphatic rings. The number of nitro benzene ring substituents is 1. The lowest BCUT2D eigenvalue weighted by molar-refractivity contribution is -0.384. The highest BCUT2D eigenvalue weighted by Crippen LogP contribution is 2.25. The molecule has 1 aromatic carbocycles. The monoisotopic (exact) mass is 294 g/mol. The minimum absolute atomic E-state index is 0.0519. The van der Waals surface area contributed by atoms with Crippen molar-refractivity contribution in [2.75, 3.05) is 10.7 Å². The number of anilines is 2. The molecule has 0 unspecified atom stereocenters. The highest BCUT2D eigenvalue weighted by atomic mass is 32.1. The van der Waals surface area contributed by atoms with E-state index in [1.54, 1.807) is 6.92 Å². The van der Waals surface area contributed by atoms with Crippen molar-refractivity contribution in [1.29, 1.82) is 0 Å². The second-order valence-electron chi connectivity index (χ2n) is 3.71. The summed E-state index contributed by atoms with van der Waals surface area (Å²) in [6, 6.07) is 3.83. The zero-order valence-corrected chi connectivity index (χ0v) is 11.1. The van der Waals surface area contributed by atoms with Crippen molar-refractivity contribution < 1.29 is 9.72 Å². The molecule has 0 fully saturated rings. The number of hydrazine groups is 1. The van der Waals surface area contributed by atoms with Crippen LogP contribution in [0.15, 0.2) is 18.2 Å². The number of hydrogen-bond acceptors (Lipinski definition) is 8. The van der Waals surface area contributed by atoms with Gasteiger partial charge in [0.15, 0.2) is 0 Å². The van der Waals surface area contributed by atoms with Crippen LogP contribution in [0.5, 0.6) is 0 Å². The van der Waals surface area contributed by atoms with Crippen LogP contribution in [0, 0.1) is 17.0 Å². The van der Waals surface area contributed by atoms with E-state index in [2.05, 4.69) is 20.9 Å². The van der Waals surface area contributed by atoms with Crippen molar-refractivity contribution in [1.82, 2.24) is 10.2 Å². The van der Waals surface area contributed by atoms with Crippen LogP contribution in [-0.2, 0) is 0 Å². The smallest absolute Gasteiger partial charge is 0.293 e. The van der Waals surface area contributed by atoms with E-state index in [0.717, 1.165) is 0 Å². The topological polar surface area (TPSA) is 136 Å². The molecule has 20 heavy (non-hydrogen) atoms. The Hall–Kier alpha value is -2.59. The van der Waals surface area contributed by atoms with E-state index in [0.29, 0.717) is 10.1 Å². The Morgan fingerprint density at radius 3 is 2.75 bits per heavy atom. The summed E-state index contributed by atoms with van der Waals surface area (Å²) in [5, 5.41) is 21.9. The molecule has 4 N–H and O–H groups in total. The minimum atomic E-state index is -0.592. The van der Waals surface area contributed by atoms with Gasteiger partial charge in [0.25, 0.3) is 11.6 Å². The number of nitrogen functional groups attached to an aromatic ring is 1. The van der Waals surface area contributed by atoms with Gasteiger partial charge in [-0.05, 0) is 19.1 Å². The van der Waals surface area contributed by atoms with Crippen LogP contribution >= 0.6 is 11.3 Å². The predicted molar refractivity (Wildman–Crippen MR) is 73.5 cm³/mol. The summed E-state index contributed by atoms with van der Waals surface area (Å²) in [5.74, 6) is 4.76. The molecule has 0 saturated carbocycles. The Kier molecular flexibility index (Phi) is 3.86. The summed E-state index contributed by atoms with van der Waals surface area (Å²) < 4.78 is 0. The van der Waals surface area contributed by atoms with Crippen LogP contribution < -0.4 is 16.6 Å². The Balaban J connectivity index is 2.24. The molecule has 2 rings (SSSR count). The van der Waals surface area contributed by atoms with Gasteiger partial charge in [-0.3, -0.25) is 26.1 Å². The SMILES string of the molecule is Cc1nnc(NC(=O)c2ccc([N+](=O)[O-])c(NN)c2)s1. The van der Waals surface area contributed by atoms with E-state index in [-0.39, 0.29) is 16.9 Å². The van der Waals surface area contributed by atoms with Crippen LogP contribution in [0.4, 0.5) is 16.5 Å². The predicted octanol–water partition coefficient (Wildman–Crippen LogP) is 1.29. The second-order valence-corrected chi connectivity index (χ2v) is 4.90. The number of carbonyl (C=O) groups is 1. The van der Waals surface area contributed by atoms with Crippen molar-refractivity contribution in [3.63, 3.8) is 0 Å². The standard InChI is InChI=1S/C10H10N6O3S/c1-5-14-15-10(20-5)12-9(17)6-2-3-8(16(18)19)7(4-6)13-11/h2-4,13H,11H2,1H3,(H,12,15,17). The molecule has 2 aromatic rings. The van der Waals surface area contributed by atoms with Crippen molar-refractivity contribution in [2.45, 2.75) is 6.92 Å². The van der Waals surface area contributed by atoms with Gasteiger partial charge in [0.1, 0.15) is 10.7 Å². The van der Waals surface area contributed by atoms with Gasteiger partial charge in [-0.25, -0.2) is 0 Å². The Bertz CT molecular complexity index is 671. The average Bonchev–Trinajstić information content (AvgIpc) is 2.83. The number of nitrogens with one attached hydrogen (secondary N) is 2. The van der Waals surface area contributed by atoms with Crippen molar-refractivity contribution in [3.05, 3.63) is 38.9 Å². The fourth-order valence-corrected chi connectivity index (χ4v) is 2.06. The summed E-state index contributed by atoms with van der Waals surface area (Å²) >= 11 is 1.23. The van der Waals surface area contributed by atoms with E-state index in [1.807, 2.05) is 0 Å². The summed E-state index contributed by atoms with van der Waals surface area (Å²) in [6.07, 6.45) is 0. The van der Waals surface area contributed by atoms with Crippen LogP contribution in [0.2, 0.25) is 0 Å². The molecule has 0 aliphatic carbocycles. The molecule has 0 saturated heterocycles. The van der Waals surface area contributed by atoms with Crippen LogP contribution in [0.25, 0.3) is 0 Å². The number of aromatic nitrogens is 2. The van der Waals surface area contributed by atoms with Gasteiger partial charge in [-0.1, -0.05) is 11.3 Å². The first-order chi connectivity index (χ1) is 9.51. The van der Waals surface area contributed by atoms with Crippen LogP contribution in [0.3, 0.4) is 0 Å². The first-order valence-electron chi connectivity index (χ1n) is 5.38. The number of rotatable bonds is 4. The first-order valence-corrected chi connectivity index (χ1v) is 6.19. The van der Waals surface area contributed by atoms with Crippen molar-refractivity contribution in [2.24, 2.45) is 5.84 Å². The van der Waals surface area contributed by atoms with Crippen molar-refractivity contribution in [3.8, 4) is 0 Å². The number of amides is 1. The van der Waals surface area contributed by atoms with Gasteiger partial charge in [-0.15, -0.1) is 10.2 Å². The number of benzene rings is 1. The number of aryl methyl sites for hydroxylation is 1. The summed E-state index contributed by atoms with van der Waals surface area (Å²) in [5.41, 5.74) is 2.25. The van der Waals surface area contributed by atoms with E-state index in [9.17, 15) is 14.9 Å². The molecule has 10 heteroatoms. The highest BCUT2D eigenvalue weighted by molar-refractivity contribution is 7.15. The lowest BCUT2D eigenvalue weighted by atomic mass is 10.1. The van der Waals surface area contributed by atoms with E-state index >= 15 is 0 Å². The lowest BCUT2D eigenvalue weighted by Gasteiger charge is -2.05.